The lowest BCUT2D eigenvalue weighted by atomic mass is 10.3. The van der Waals surface area contributed by atoms with E-state index >= 15 is 0 Å². The quantitative estimate of drug-likeness (QED) is 0.271. The second-order valence-electron chi connectivity index (χ2n) is 7.01. The molecule has 8 nitrogen and oxygen atoms in total. The van der Waals surface area contributed by atoms with Gasteiger partial charge in [-0.3, -0.25) is 4.72 Å². The number of hydrogen-bond donors (Lipinski definition) is 2. The van der Waals surface area contributed by atoms with Gasteiger partial charge in [0.05, 0.1) is 29.8 Å². The second kappa shape index (κ2) is 10.0. The number of nitrogens with one attached hydrogen (secondary N) is 2. The molecule has 0 bridgehead atoms. The summed E-state index contributed by atoms with van der Waals surface area (Å²) in [5.41, 5.74) is 1.69. The molecule has 0 aliphatic heterocycles. The standard InChI is InChI=1S/C23H20BrClN4O4S/c1-3-33-20-10-8-14(24)12-21(20)34(30,31)29-23-22(27-17-6-4-5-7-18(17)28-23)26-15-9-11-19(32-2)16(25)13-15/h4-13H,3H2,1-2H3,(H,26,27)(H,28,29). The number of aromatic nitrogens is 2. The molecule has 0 atom stereocenters. The lowest BCUT2D eigenvalue weighted by Crippen LogP contribution is -2.17. The summed E-state index contributed by atoms with van der Waals surface area (Å²) < 4.78 is 40.6. The number of rotatable bonds is 8. The zero-order chi connectivity index (χ0) is 24.3. The number of halogens is 2. The molecule has 2 N–H and O–H groups in total. The molecule has 0 aliphatic rings. The van der Waals surface area contributed by atoms with Crippen LogP contribution in [0.1, 0.15) is 6.92 Å². The SMILES string of the molecule is CCOc1ccc(Br)cc1S(=O)(=O)Nc1nc2ccccc2nc1Nc1ccc(OC)c(Cl)c1. The molecular formula is C23H20BrClN4O4S. The van der Waals surface area contributed by atoms with Crippen molar-refractivity contribution in [2.24, 2.45) is 0 Å². The molecule has 1 heterocycles. The third kappa shape index (κ3) is 5.19. The number of methoxy groups -OCH3 is 1. The molecule has 11 heteroatoms. The van der Waals surface area contributed by atoms with E-state index in [-0.39, 0.29) is 22.3 Å². The number of para-hydroxylation sites is 2. The number of nitrogens with zero attached hydrogens (tertiary/aromatic N) is 2. The van der Waals surface area contributed by atoms with Gasteiger partial charge in [0, 0.05) is 10.2 Å². The first-order valence-electron chi connectivity index (χ1n) is 10.1. The van der Waals surface area contributed by atoms with E-state index in [0.717, 1.165) is 0 Å². The van der Waals surface area contributed by atoms with Crippen LogP contribution in [0.4, 0.5) is 17.3 Å². The van der Waals surface area contributed by atoms with Crippen LogP contribution < -0.4 is 19.5 Å². The third-order valence-electron chi connectivity index (χ3n) is 4.71. The van der Waals surface area contributed by atoms with Crippen molar-refractivity contribution < 1.29 is 17.9 Å². The highest BCUT2D eigenvalue weighted by Crippen LogP contribution is 2.33. The number of hydrogen-bond acceptors (Lipinski definition) is 7. The Hall–Kier alpha value is -3.08. The number of anilines is 3. The van der Waals surface area contributed by atoms with Gasteiger partial charge in [-0.15, -0.1) is 0 Å². The minimum absolute atomic E-state index is 0.0214. The summed E-state index contributed by atoms with van der Waals surface area (Å²) in [6, 6.07) is 17.0. The first-order chi connectivity index (χ1) is 16.3. The van der Waals surface area contributed by atoms with E-state index in [1.165, 1.54) is 13.2 Å². The maximum absolute atomic E-state index is 13.4. The van der Waals surface area contributed by atoms with Crippen molar-refractivity contribution in [2.45, 2.75) is 11.8 Å². The van der Waals surface area contributed by atoms with Crippen LogP contribution in [-0.4, -0.2) is 32.1 Å². The fourth-order valence-electron chi connectivity index (χ4n) is 3.19. The molecule has 34 heavy (non-hydrogen) atoms. The van der Waals surface area contributed by atoms with Gasteiger partial charge in [-0.2, -0.15) is 0 Å². The zero-order valence-electron chi connectivity index (χ0n) is 18.2. The van der Waals surface area contributed by atoms with Gasteiger partial charge in [0.15, 0.2) is 11.6 Å². The van der Waals surface area contributed by atoms with Crippen LogP contribution in [0.3, 0.4) is 0 Å². The van der Waals surface area contributed by atoms with Crippen molar-refractivity contribution in [3.8, 4) is 11.5 Å². The number of sulfonamides is 1. The van der Waals surface area contributed by atoms with Crippen molar-refractivity contribution >= 4 is 65.9 Å². The molecule has 1 aromatic heterocycles. The molecule has 0 aliphatic carbocycles. The Morgan fingerprint density at radius 1 is 0.971 bits per heavy atom. The van der Waals surface area contributed by atoms with E-state index in [9.17, 15) is 8.42 Å². The summed E-state index contributed by atoms with van der Waals surface area (Å²) >= 11 is 9.57. The van der Waals surface area contributed by atoms with Crippen molar-refractivity contribution in [1.82, 2.24) is 9.97 Å². The van der Waals surface area contributed by atoms with Gasteiger partial charge in [0.1, 0.15) is 16.4 Å². The van der Waals surface area contributed by atoms with Crippen molar-refractivity contribution in [3.63, 3.8) is 0 Å². The van der Waals surface area contributed by atoms with Gasteiger partial charge >= 0.3 is 0 Å². The molecule has 0 fully saturated rings. The first-order valence-corrected chi connectivity index (χ1v) is 12.8. The molecule has 4 aromatic rings. The van der Waals surface area contributed by atoms with Crippen LogP contribution in [0.25, 0.3) is 11.0 Å². The summed E-state index contributed by atoms with van der Waals surface area (Å²) in [5, 5.41) is 3.49. The van der Waals surface area contributed by atoms with Crippen LogP contribution in [0, 0.1) is 0 Å². The molecule has 0 spiro atoms. The fraction of sp³-hybridized carbons (Fsp3) is 0.130. The van der Waals surface area contributed by atoms with Gasteiger partial charge in [-0.25, -0.2) is 18.4 Å². The van der Waals surface area contributed by atoms with Gasteiger partial charge < -0.3 is 14.8 Å². The Bertz CT molecular complexity index is 1470. The maximum Gasteiger partial charge on any atom is 0.266 e. The number of ether oxygens (including phenoxy) is 2. The minimum atomic E-state index is -4.08. The van der Waals surface area contributed by atoms with E-state index in [1.807, 2.05) is 6.07 Å². The topological polar surface area (TPSA) is 102 Å². The van der Waals surface area contributed by atoms with Gasteiger partial charge in [0.25, 0.3) is 10.0 Å². The normalized spacial score (nSPS) is 11.3. The largest absolute Gasteiger partial charge is 0.495 e. The summed E-state index contributed by atoms with van der Waals surface area (Å²) in [6.45, 7) is 2.09. The van der Waals surface area contributed by atoms with Crippen LogP contribution in [0.15, 0.2) is 70.0 Å². The Morgan fingerprint density at radius 2 is 1.65 bits per heavy atom. The predicted octanol–water partition coefficient (Wildman–Crippen LogP) is 6.00. The summed E-state index contributed by atoms with van der Waals surface area (Å²) in [7, 11) is -2.56. The van der Waals surface area contributed by atoms with Gasteiger partial charge in [-0.1, -0.05) is 39.7 Å². The van der Waals surface area contributed by atoms with Crippen LogP contribution in [0.2, 0.25) is 5.02 Å². The average molecular weight is 564 g/mol. The molecule has 0 amide bonds. The van der Waals surface area contributed by atoms with Crippen molar-refractivity contribution in [2.75, 3.05) is 23.8 Å². The molecular weight excluding hydrogens is 544 g/mol. The Balaban J connectivity index is 1.79. The fourth-order valence-corrected chi connectivity index (χ4v) is 5.14. The van der Waals surface area contributed by atoms with Crippen molar-refractivity contribution in [3.05, 3.63) is 70.2 Å². The lowest BCUT2D eigenvalue weighted by Gasteiger charge is -2.16. The zero-order valence-corrected chi connectivity index (χ0v) is 21.3. The summed E-state index contributed by atoms with van der Waals surface area (Å²) in [4.78, 5) is 9.06. The van der Waals surface area contributed by atoms with E-state index in [4.69, 9.17) is 21.1 Å². The first kappa shape index (κ1) is 24.1. The highest BCUT2D eigenvalue weighted by Gasteiger charge is 2.23. The Labute approximate surface area is 210 Å². The van der Waals surface area contributed by atoms with E-state index in [0.29, 0.717) is 38.6 Å². The minimum Gasteiger partial charge on any atom is -0.495 e. The summed E-state index contributed by atoms with van der Waals surface area (Å²) in [5.74, 6) is 0.962. The number of benzene rings is 3. The average Bonchev–Trinajstić information content (AvgIpc) is 2.80. The molecule has 0 saturated heterocycles. The van der Waals surface area contributed by atoms with Gasteiger partial charge in [-0.05, 0) is 55.5 Å². The van der Waals surface area contributed by atoms with E-state index in [2.05, 4.69) is 35.9 Å². The van der Waals surface area contributed by atoms with Crippen molar-refractivity contribution in [1.29, 1.82) is 0 Å². The monoisotopic (exact) mass is 562 g/mol. The molecule has 0 radical (unpaired) electrons. The molecule has 3 aromatic carbocycles. The van der Waals surface area contributed by atoms with Crippen LogP contribution in [0.5, 0.6) is 11.5 Å². The van der Waals surface area contributed by atoms with Crippen LogP contribution in [-0.2, 0) is 10.0 Å². The third-order valence-corrected chi connectivity index (χ3v) is 6.86. The predicted molar refractivity (Wildman–Crippen MR) is 137 cm³/mol. The maximum atomic E-state index is 13.4. The molecule has 0 saturated carbocycles. The van der Waals surface area contributed by atoms with E-state index < -0.39 is 10.0 Å². The smallest absolute Gasteiger partial charge is 0.266 e. The summed E-state index contributed by atoms with van der Waals surface area (Å²) in [6.07, 6.45) is 0. The molecule has 0 unspecified atom stereocenters. The van der Waals surface area contributed by atoms with Gasteiger partial charge in [0.2, 0.25) is 0 Å². The second-order valence-corrected chi connectivity index (χ2v) is 9.99. The molecule has 4 rings (SSSR count). The lowest BCUT2D eigenvalue weighted by molar-refractivity contribution is 0.331. The molecule has 176 valence electrons. The Kier molecular flexibility index (Phi) is 7.11. The highest BCUT2D eigenvalue weighted by atomic mass is 79.9. The highest BCUT2D eigenvalue weighted by molar-refractivity contribution is 9.10. The van der Waals surface area contributed by atoms with E-state index in [1.54, 1.807) is 55.5 Å². The Morgan fingerprint density at radius 3 is 2.29 bits per heavy atom. The number of fused-ring (bicyclic) bond motifs is 1. The van der Waals surface area contributed by atoms with Crippen LogP contribution >= 0.6 is 27.5 Å².